The van der Waals surface area contributed by atoms with Crippen LogP contribution in [0.1, 0.15) is 21.5 Å². The minimum Gasteiger partial charge on any atom is -0.336 e. The number of nitrogens with zero attached hydrogens (tertiary/aromatic N) is 3. The van der Waals surface area contributed by atoms with E-state index in [1.807, 2.05) is 13.0 Å². The van der Waals surface area contributed by atoms with Crippen LogP contribution in [0.2, 0.25) is 0 Å². The lowest BCUT2D eigenvalue weighted by molar-refractivity contribution is 0.0697. The van der Waals surface area contributed by atoms with E-state index in [0.717, 1.165) is 5.56 Å². The maximum absolute atomic E-state index is 13.0. The number of benzene rings is 1. The largest absolute Gasteiger partial charge is 0.336 e. The maximum Gasteiger partial charge on any atom is 0.254 e. The zero-order chi connectivity index (χ0) is 19.8. The van der Waals surface area contributed by atoms with Crippen molar-refractivity contribution >= 4 is 15.9 Å². The van der Waals surface area contributed by atoms with E-state index in [0.29, 0.717) is 16.0 Å². The van der Waals surface area contributed by atoms with E-state index in [-0.39, 0.29) is 37.6 Å². The van der Waals surface area contributed by atoms with Gasteiger partial charge in [0, 0.05) is 51.1 Å². The van der Waals surface area contributed by atoms with Gasteiger partial charge in [0.2, 0.25) is 10.0 Å². The molecule has 0 spiro atoms. The van der Waals surface area contributed by atoms with Gasteiger partial charge in [0.1, 0.15) is 0 Å². The molecule has 1 aliphatic rings. The number of rotatable bonds is 3. The van der Waals surface area contributed by atoms with Crippen molar-refractivity contribution in [3.63, 3.8) is 0 Å². The van der Waals surface area contributed by atoms with Crippen LogP contribution in [0.15, 0.2) is 46.2 Å². The topological polar surface area (TPSA) is 79.7 Å². The fraction of sp³-hybridized carbons (Fsp3) is 0.368. The van der Waals surface area contributed by atoms with Crippen molar-refractivity contribution in [1.82, 2.24) is 13.8 Å². The molecule has 0 radical (unpaired) electrons. The molecule has 1 fully saturated rings. The van der Waals surface area contributed by atoms with Crippen LogP contribution in [-0.2, 0) is 17.1 Å². The van der Waals surface area contributed by atoms with Gasteiger partial charge in [-0.1, -0.05) is 12.1 Å². The smallest absolute Gasteiger partial charge is 0.254 e. The van der Waals surface area contributed by atoms with Gasteiger partial charge in [-0.3, -0.25) is 9.59 Å². The molecule has 7 nitrogen and oxygen atoms in total. The first-order valence-corrected chi connectivity index (χ1v) is 10.2. The van der Waals surface area contributed by atoms with Gasteiger partial charge >= 0.3 is 0 Å². The van der Waals surface area contributed by atoms with Gasteiger partial charge in [-0.25, -0.2) is 8.42 Å². The number of amides is 1. The van der Waals surface area contributed by atoms with Crippen LogP contribution in [0.5, 0.6) is 0 Å². The molecule has 0 atom stereocenters. The quantitative estimate of drug-likeness (QED) is 0.789. The second kappa shape index (κ2) is 7.28. The van der Waals surface area contributed by atoms with Crippen LogP contribution in [0.4, 0.5) is 0 Å². The summed E-state index contributed by atoms with van der Waals surface area (Å²) >= 11 is 0. The average molecular weight is 389 g/mol. The highest BCUT2D eigenvalue weighted by Crippen LogP contribution is 2.22. The van der Waals surface area contributed by atoms with Crippen molar-refractivity contribution < 1.29 is 13.2 Å². The Labute approximate surface area is 158 Å². The number of hydrogen-bond donors (Lipinski definition) is 0. The summed E-state index contributed by atoms with van der Waals surface area (Å²) in [6.45, 7) is 4.68. The summed E-state index contributed by atoms with van der Waals surface area (Å²) in [4.78, 5) is 26.2. The molecule has 1 aromatic heterocycles. The maximum atomic E-state index is 13.0. The van der Waals surface area contributed by atoms with Crippen LogP contribution >= 0.6 is 0 Å². The van der Waals surface area contributed by atoms with Gasteiger partial charge in [-0.05, 0) is 37.1 Å². The van der Waals surface area contributed by atoms with E-state index in [9.17, 15) is 18.0 Å². The van der Waals surface area contributed by atoms with E-state index in [1.54, 1.807) is 43.3 Å². The standard InChI is InChI=1S/C19H23N3O4S/c1-14-4-5-15(2)17(12-14)27(25,26)22-10-8-21(9-11-22)19(24)16-6-7-20(3)18(23)13-16/h4-7,12-13H,8-11H2,1-3H3. The zero-order valence-electron chi connectivity index (χ0n) is 15.7. The molecule has 2 aromatic rings. The molecule has 0 unspecified atom stereocenters. The minimum atomic E-state index is -3.60. The zero-order valence-corrected chi connectivity index (χ0v) is 16.5. The average Bonchev–Trinajstić information content (AvgIpc) is 2.65. The Morgan fingerprint density at radius 1 is 1.00 bits per heavy atom. The van der Waals surface area contributed by atoms with Gasteiger partial charge < -0.3 is 9.47 Å². The fourth-order valence-corrected chi connectivity index (χ4v) is 4.85. The summed E-state index contributed by atoms with van der Waals surface area (Å²) in [6, 6.07) is 8.28. The Hall–Kier alpha value is -2.45. The van der Waals surface area contributed by atoms with Gasteiger partial charge in [-0.2, -0.15) is 4.31 Å². The van der Waals surface area contributed by atoms with Crippen LogP contribution < -0.4 is 5.56 Å². The third-order valence-electron chi connectivity index (χ3n) is 4.84. The van der Waals surface area contributed by atoms with Crippen molar-refractivity contribution in [3.05, 3.63) is 63.6 Å². The second-order valence-corrected chi connectivity index (χ2v) is 8.74. The van der Waals surface area contributed by atoms with E-state index in [1.165, 1.54) is 14.9 Å². The molecule has 2 heterocycles. The number of hydrogen-bond acceptors (Lipinski definition) is 4. The van der Waals surface area contributed by atoms with Crippen LogP contribution in [0.3, 0.4) is 0 Å². The molecule has 3 rings (SSSR count). The summed E-state index contributed by atoms with van der Waals surface area (Å²) in [5.74, 6) is -0.253. The van der Waals surface area contributed by atoms with Crippen LogP contribution in [-0.4, -0.2) is 54.3 Å². The Bertz CT molecular complexity index is 1040. The molecule has 0 bridgehead atoms. The molecule has 0 aliphatic carbocycles. The number of piperazine rings is 1. The van der Waals surface area contributed by atoms with E-state index in [4.69, 9.17) is 0 Å². The molecule has 0 saturated carbocycles. The molecule has 1 aromatic carbocycles. The number of carbonyl (C=O) groups is 1. The SMILES string of the molecule is Cc1ccc(C)c(S(=O)(=O)N2CCN(C(=O)c3ccn(C)c(=O)c3)CC2)c1. The fourth-order valence-electron chi connectivity index (χ4n) is 3.12. The van der Waals surface area contributed by atoms with E-state index in [2.05, 4.69) is 0 Å². The minimum absolute atomic E-state index is 0.228. The van der Waals surface area contributed by atoms with Crippen molar-refractivity contribution in [2.24, 2.45) is 7.05 Å². The normalized spacial score (nSPS) is 15.7. The summed E-state index contributed by atoms with van der Waals surface area (Å²) in [5, 5.41) is 0. The summed E-state index contributed by atoms with van der Waals surface area (Å²) in [6.07, 6.45) is 1.55. The molecule has 1 amide bonds. The molecule has 144 valence electrons. The molecular formula is C19H23N3O4S. The molecule has 8 heteroatoms. The van der Waals surface area contributed by atoms with Gasteiger partial charge in [0.05, 0.1) is 4.90 Å². The Balaban J connectivity index is 1.74. The van der Waals surface area contributed by atoms with Crippen molar-refractivity contribution in [1.29, 1.82) is 0 Å². The number of aryl methyl sites for hydroxylation is 3. The third-order valence-corrected chi connectivity index (χ3v) is 6.88. The van der Waals surface area contributed by atoms with Gasteiger partial charge in [0.25, 0.3) is 11.5 Å². The lowest BCUT2D eigenvalue weighted by atomic mass is 10.2. The molecular weight excluding hydrogens is 366 g/mol. The Morgan fingerprint density at radius 2 is 1.67 bits per heavy atom. The number of sulfonamides is 1. The lowest BCUT2D eigenvalue weighted by Gasteiger charge is -2.34. The first-order valence-electron chi connectivity index (χ1n) is 8.73. The Kier molecular flexibility index (Phi) is 5.21. The molecule has 1 aliphatic heterocycles. The number of carbonyl (C=O) groups excluding carboxylic acids is 1. The highest BCUT2D eigenvalue weighted by Gasteiger charge is 2.31. The summed E-state index contributed by atoms with van der Waals surface area (Å²) in [5.41, 5.74) is 1.67. The molecule has 1 saturated heterocycles. The summed E-state index contributed by atoms with van der Waals surface area (Å²) in [7, 11) is -1.98. The summed E-state index contributed by atoms with van der Waals surface area (Å²) < 4.78 is 28.7. The first kappa shape index (κ1) is 19.3. The highest BCUT2D eigenvalue weighted by atomic mass is 32.2. The predicted octanol–water partition coefficient (Wildman–Crippen LogP) is 1.15. The van der Waals surface area contributed by atoms with Crippen molar-refractivity contribution in [2.45, 2.75) is 18.7 Å². The monoisotopic (exact) mass is 389 g/mol. The number of aromatic nitrogens is 1. The first-order chi connectivity index (χ1) is 12.7. The van der Waals surface area contributed by atoms with Crippen molar-refractivity contribution in [3.8, 4) is 0 Å². The Morgan fingerprint density at radius 3 is 2.30 bits per heavy atom. The van der Waals surface area contributed by atoms with Crippen LogP contribution in [0, 0.1) is 13.8 Å². The second-order valence-electron chi connectivity index (χ2n) is 6.83. The van der Waals surface area contributed by atoms with Gasteiger partial charge in [-0.15, -0.1) is 0 Å². The van der Waals surface area contributed by atoms with Crippen molar-refractivity contribution in [2.75, 3.05) is 26.2 Å². The third kappa shape index (κ3) is 3.81. The predicted molar refractivity (Wildman–Crippen MR) is 102 cm³/mol. The van der Waals surface area contributed by atoms with Gasteiger partial charge in [0.15, 0.2) is 0 Å². The van der Waals surface area contributed by atoms with E-state index >= 15 is 0 Å². The van der Waals surface area contributed by atoms with E-state index < -0.39 is 10.0 Å². The molecule has 0 N–H and O–H groups in total. The number of pyridine rings is 1. The lowest BCUT2D eigenvalue weighted by Crippen LogP contribution is -2.50. The highest BCUT2D eigenvalue weighted by molar-refractivity contribution is 7.89. The molecule has 27 heavy (non-hydrogen) atoms. The van der Waals surface area contributed by atoms with Crippen LogP contribution in [0.25, 0.3) is 0 Å².